The Morgan fingerprint density at radius 1 is 1.35 bits per heavy atom. The van der Waals surface area contributed by atoms with Crippen molar-refractivity contribution in [3.05, 3.63) is 23.5 Å². The molecule has 0 atom stereocenters. The number of hydrogen-bond donors (Lipinski definition) is 1. The summed E-state index contributed by atoms with van der Waals surface area (Å²) in [5, 5.41) is 9.50. The van der Waals surface area contributed by atoms with Gasteiger partial charge in [-0.3, -0.25) is 4.79 Å². The first kappa shape index (κ1) is 12.2. The average Bonchev–Trinajstić information content (AvgIpc) is 2.62. The van der Waals surface area contributed by atoms with Crippen LogP contribution in [0.25, 0.3) is 0 Å². The Hall–Kier alpha value is -1.29. The molecule has 1 aromatic rings. The van der Waals surface area contributed by atoms with Gasteiger partial charge in [0.15, 0.2) is 0 Å². The second kappa shape index (κ2) is 4.53. The van der Waals surface area contributed by atoms with Crippen molar-refractivity contribution in [1.82, 2.24) is 4.57 Å². The number of hydrogen-bond acceptors (Lipinski definition) is 2. The van der Waals surface area contributed by atoms with E-state index in [4.69, 9.17) is 4.74 Å². The number of aliphatic carboxylic acids is 1. The first-order chi connectivity index (χ1) is 8.05. The molecule has 1 aromatic heterocycles. The van der Waals surface area contributed by atoms with Crippen LogP contribution >= 0.6 is 0 Å². The third-order valence-corrected chi connectivity index (χ3v) is 3.78. The van der Waals surface area contributed by atoms with Gasteiger partial charge in [0.2, 0.25) is 0 Å². The van der Waals surface area contributed by atoms with Gasteiger partial charge < -0.3 is 14.4 Å². The molecule has 2 rings (SSSR count). The van der Waals surface area contributed by atoms with Gasteiger partial charge in [-0.1, -0.05) is 0 Å². The predicted octanol–water partition coefficient (Wildman–Crippen LogP) is 1.99. The fourth-order valence-corrected chi connectivity index (χ4v) is 2.45. The van der Waals surface area contributed by atoms with Gasteiger partial charge in [-0.2, -0.15) is 0 Å². The van der Waals surface area contributed by atoms with Crippen molar-refractivity contribution in [1.29, 1.82) is 0 Å². The van der Waals surface area contributed by atoms with Crippen LogP contribution < -0.4 is 0 Å². The normalized spacial score (nSPS) is 19.2. The highest BCUT2D eigenvalue weighted by atomic mass is 16.5. The molecule has 0 saturated carbocycles. The van der Waals surface area contributed by atoms with Crippen LogP contribution in [0.5, 0.6) is 0 Å². The Labute approximate surface area is 101 Å². The van der Waals surface area contributed by atoms with Crippen LogP contribution in [0, 0.1) is 19.3 Å². The van der Waals surface area contributed by atoms with Crippen molar-refractivity contribution < 1.29 is 14.6 Å². The van der Waals surface area contributed by atoms with Crippen molar-refractivity contribution in [3.63, 3.8) is 0 Å². The van der Waals surface area contributed by atoms with Crippen LogP contribution in [0.15, 0.2) is 12.1 Å². The van der Waals surface area contributed by atoms with Gasteiger partial charge in [0.25, 0.3) is 0 Å². The molecule has 0 unspecified atom stereocenters. The Morgan fingerprint density at radius 3 is 2.35 bits per heavy atom. The summed E-state index contributed by atoms with van der Waals surface area (Å²) in [4.78, 5) is 11.6. The molecule has 0 amide bonds. The van der Waals surface area contributed by atoms with E-state index >= 15 is 0 Å². The number of ether oxygens (including phenoxy) is 1. The first-order valence-corrected chi connectivity index (χ1v) is 5.99. The highest BCUT2D eigenvalue weighted by Crippen LogP contribution is 2.33. The third kappa shape index (κ3) is 2.22. The number of carboxylic acids is 1. The Bertz CT molecular complexity index is 397. The van der Waals surface area contributed by atoms with Gasteiger partial charge in [0, 0.05) is 31.1 Å². The maximum absolute atomic E-state index is 11.6. The van der Waals surface area contributed by atoms with E-state index in [0.29, 0.717) is 32.6 Å². The molecule has 94 valence electrons. The summed E-state index contributed by atoms with van der Waals surface area (Å²) in [6, 6.07) is 4.06. The van der Waals surface area contributed by atoms with Crippen LogP contribution in [-0.2, 0) is 16.1 Å². The van der Waals surface area contributed by atoms with Gasteiger partial charge in [0.1, 0.15) is 0 Å². The zero-order valence-corrected chi connectivity index (χ0v) is 10.4. The van der Waals surface area contributed by atoms with Crippen LogP contribution in [0.3, 0.4) is 0 Å². The largest absolute Gasteiger partial charge is 0.481 e. The van der Waals surface area contributed by atoms with Gasteiger partial charge in [-0.15, -0.1) is 0 Å². The van der Waals surface area contributed by atoms with E-state index in [2.05, 4.69) is 4.57 Å². The quantitative estimate of drug-likeness (QED) is 0.874. The molecule has 0 bridgehead atoms. The molecule has 0 aliphatic carbocycles. The van der Waals surface area contributed by atoms with E-state index in [1.165, 1.54) is 0 Å². The molecule has 0 aromatic carbocycles. The number of nitrogens with zero attached hydrogens (tertiary/aromatic N) is 1. The maximum atomic E-state index is 11.6. The smallest absolute Gasteiger partial charge is 0.311 e. The minimum absolute atomic E-state index is 0.547. The molecule has 1 aliphatic rings. The lowest BCUT2D eigenvalue weighted by Gasteiger charge is -2.34. The standard InChI is InChI=1S/C13H19NO3/c1-10-3-4-11(2)14(10)9-13(12(15)16)5-7-17-8-6-13/h3-4H,5-9H2,1-2H3,(H,15,16). The summed E-state index contributed by atoms with van der Waals surface area (Å²) in [6.45, 7) is 5.68. The lowest BCUT2D eigenvalue weighted by atomic mass is 9.80. The number of carboxylic acid groups (broad SMARTS) is 1. The number of aromatic nitrogens is 1. The lowest BCUT2D eigenvalue weighted by molar-refractivity contribution is -0.156. The molecule has 4 nitrogen and oxygen atoms in total. The van der Waals surface area contributed by atoms with Gasteiger partial charge in [-0.05, 0) is 38.8 Å². The number of rotatable bonds is 3. The van der Waals surface area contributed by atoms with Gasteiger partial charge in [-0.25, -0.2) is 0 Å². The number of carbonyl (C=O) groups is 1. The minimum atomic E-state index is -0.701. The molecule has 1 N–H and O–H groups in total. The lowest BCUT2D eigenvalue weighted by Crippen LogP contribution is -2.41. The van der Waals surface area contributed by atoms with Crippen LogP contribution in [-0.4, -0.2) is 28.9 Å². The molecule has 17 heavy (non-hydrogen) atoms. The van der Waals surface area contributed by atoms with Crippen molar-refractivity contribution in [2.24, 2.45) is 5.41 Å². The predicted molar refractivity (Wildman–Crippen MR) is 64.0 cm³/mol. The van der Waals surface area contributed by atoms with Crippen LogP contribution in [0.1, 0.15) is 24.2 Å². The SMILES string of the molecule is Cc1ccc(C)n1CC1(C(=O)O)CCOCC1. The van der Waals surface area contributed by atoms with Crippen LogP contribution in [0.2, 0.25) is 0 Å². The molecule has 0 radical (unpaired) electrons. The highest BCUT2D eigenvalue weighted by molar-refractivity contribution is 5.74. The zero-order chi connectivity index (χ0) is 12.5. The summed E-state index contributed by atoms with van der Waals surface area (Å²) >= 11 is 0. The molecule has 0 spiro atoms. The molecule has 1 fully saturated rings. The second-order valence-corrected chi connectivity index (χ2v) is 4.90. The monoisotopic (exact) mass is 237 g/mol. The summed E-state index contributed by atoms with van der Waals surface area (Å²) in [5.74, 6) is -0.701. The molecule has 1 aliphatic heterocycles. The van der Waals surface area contributed by atoms with E-state index in [1.54, 1.807) is 0 Å². The molecule has 2 heterocycles. The topological polar surface area (TPSA) is 51.5 Å². The van der Waals surface area contributed by atoms with E-state index in [9.17, 15) is 9.90 Å². The van der Waals surface area contributed by atoms with Crippen molar-refractivity contribution in [3.8, 4) is 0 Å². The fourth-order valence-electron chi connectivity index (χ4n) is 2.45. The number of aryl methyl sites for hydroxylation is 2. The maximum Gasteiger partial charge on any atom is 0.311 e. The summed E-state index contributed by atoms with van der Waals surface area (Å²) in [6.07, 6.45) is 1.19. The van der Waals surface area contributed by atoms with Crippen molar-refractivity contribution in [2.45, 2.75) is 33.2 Å². The zero-order valence-electron chi connectivity index (χ0n) is 10.4. The Kier molecular flexibility index (Phi) is 3.24. The third-order valence-electron chi connectivity index (χ3n) is 3.78. The van der Waals surface area contributed by atoms with Gasteiger partial charge >= 0.3 is 5.97 Å². The second-order valence-electron chi connectivity index (χ2n) is 4.90. The van der Waals surface area contributed by atoms with Crippen molar-refractivity contribution >= 4 is 5.97 Å². The molecular weight excluding hydrogens is 218 g/mol. The summed E-state index contributed by atoms with van der Waals surface area (Å²) in [5.41, 5.74) is 1.58. The summed E-state index contributed by atoms with van der Waals surface area (Å²) in [7, 11) is 0. The van der Waals surface area contributed by atoms with Crippen molar-refractivity contribution in [2.75, 3.05) is 13.2 Å². The van der Waals surface area contributed by atoms with E-state index in [-0.39, 0.29) is 0 Å². The average molecular weight is 237 g/mol. The minimum Gasteiger partial charge on any atom is -0.481 e. The fraction of sp³-hybridized carbons (Fsp3) is 0.615. The Balaban J connectivity index is 2.27. The van der Waals surface area contributed by atoms with E-state index < -0.39 is 11.4 Å². The highest BCUT2D eigenvalue weighted by Gasteiger charge is 2.40. The van der Waals surface area contributed by atoms with Gasteiger partial charge in [0.05, 0.1) is 5.41 Å². The molecule has 4 heteroatoms. The first-order valence-electron chi connectivity index (χ1n) is 5.99. The molecule has 1 saturated heterocycles. The Morgan fingerprint density at radius 2 is 1.88 bits per heavy atom. The summed E-state index contributed by atoms with van der Waals surface area (Å²) < 4.78 is 7.38. The van der Waals surface area contributed by atoms with E-state index in [0.717, 1.165) is 11.4 Å². The van der Waals surface area contributed by atoms with E-state index in [1.807, 2.05) is 26.0 Å². The molecular formula is C13H19NO3. The van der Waals surface area contributed by atoms with Crippen LogP contribution in [0.4, 0.5) is 0 Å².